The molecule has 3 rings (SSSR count). The Morgan fingerprint density at radius 3 is 2.75 bits per heavy atom. The molecule has 0 aliphatic carbocycles. The van der Waals surface area contributed by atoms with Crippen LogP contribution in [0.4, 0.5) is 0 Å². The third-order valence-electron chi connectivity index (χ3n) is 4.57. The zero-order valence-corrected chi connectivity index (χ0v) is 18.2. The lowest BCUT2D eigenvalue weighted by molar-refractivity contribution is -0.118. The van der Waals surface area contributed by atoms with Gasteiger partial charge in [-0.25, -0.2) is 4.98 Å². The minimum absolute atomic E-state index is 0.0445. The lowest BCUT2D eigenvalue weighted by Crippen LogP contribution is -2.27. The van der Waals surface area contributed by atoms with Crippen LogP contribution < -0.4 is 10.9 Å². The van der Waals surface area contributed by atoms with Gasteiger partial charge in [0.25, 0.3) is 5.56 Å². The molecule has 0 spiro atoms. The van der Waals surface area contributed by atoms with E-state index in [4.69, 9.17) is 0 Å². The summed E-state index contributed by atoms with van der Waals surface area (Å²) in [7, 11) is 0. The molecule has 0 saturated carbocycles. The molecule has 1 aromatic carbocycles. The summed E-state index contributed by atoms with van der Waals surface area (Å²) in [5, 5.41) is 5.35. The van der Waals surface area contributed by atoms with Gasteiger partial charge in [0.15, 0.2) is 5.16 Å². The zero-order valence-electron chi connectivity index (χ0n) is 16.6. The van der Waals surface area contributed by atoms with Crippen molar-refractivity contribution in [1.29, 1.82) is 0 Å². The van der Waals surface area contributed by atoms with Crippen LogP contribution in [0.3, 0.4) is 0 Å². The van der Waals surface area contributed by atoms with Crippen LogP contribution in [0.2, 0.25) is 0 Å². The number of nitrogens with one attached hydrogen (secondary N) is 1. The Balaban J connectivity index is 1.91. The highest BCUT2D eigenvalue weighted by Gasteiger charge is 2.16. The summed E-state index contributed by atoms with van der Waals surface area (Å²) < 4.78 is 2.25. The van der Waals surface area contributed by atoms with Crippen molar-refractivity contribution in [2.75, 3.05) is 12.3 Å². The second-order valence-electron chi connectivity index (χ2n) is 7.26. The monoisotopic (exact) mass is 415 g/mol. The molecule has 0 bridgehead atoms. The van der Waals surface area contributed by atoms with Crippen LogP contribution in [0.5, 0.6) is 0 Å². The number of thioether (sulfide) groups is 1. The average Bonchev–Trinajstić information content (AvgIpc) is 3.11. The Morgan fingerprint density at radius 2 is 2.04 bits per heavy atom. The summed E-state index contributed by atoms with van der Waals surface area (Å²) in [5.74, 6) is 0.730. The molecule has 0 atom stereocenters. The van der Waals surface area contributed by atoms with Gasteiger partial charge in [0.05, 0.1) is 17.0 Å². The quantitative estimate of drug-likeness (QED) is 0.461. The third-order valence-corrected chi connectivity index (χ3v) is 6.40. The van der Waals surface area contributed by atoms with Crippen LogP contribution in [-0.4, -0.2) is 27.8 Å². The molecule has 0 aliphatic heterocycles. The Labute approximate surface area is 173 Å². The summed E-state index contributed by atoms with van der Waals surface area (Å²) >= 11 is 2.69. The number of aryl methyl sites for hydroxylation is 2. The van der Waals surface area contributed by atoms with Crippen LogP contribution in [0.1, 0.15) is 31.4 Å². The molecule has 5 nitrogen and oxygen atoms in total. The average molecular weight is 416 g/mol. The molecule has 28 heavy (non-hydrogen) atoms. The number of nitrogens with zero attached hydrogens (tertiary/aromatic N) is 2. The fraction of sp³-hybridized carbons (Fsp3) is 0.381. The number of fused-ring (bicyclic) bond motifs is 1. The Hall–Kier alpha value is -2.12. The summed E-state index contributed by atoms with van der Waals surface area (Å²) in [5.41, 5.74) is 3.64. The van der Waals surface area contributed by atoms with E-state index in [2.05, 4.69) is 24.1 Å². The van der Waals surface area contributed by atoms with Gasteiger partial charge in [0.2, 0.25) is 5.91 Å². The van der Waals surface area contributed by atoms with E-state index in [1.54, 1.807) is 4.57 Å². The minimum Gasteiger partial charge on any atom is -0.355 e. The molecule has 2 aromatic heterocycles. The summed E-state index contributed by atoms with van der Waals surface area (Å²) in [6, 6.07) is 7.77. The van der Waals surface area contributed by atoms with Crippen LogP contribution >= 0.6 is 23.1 Å². The standard InChI is InChI=1S/C21H25N3O2S2/c1-13(2)7-9-22-18(25)12-28-21-23-17-8-10-27-19(17)20(26)24(21)16-6-5-14(3)15(4)11-16/h5-6,8,10-11,13H,7,9,12H2,1-4H3,(H,22,25). The van der Waals surface area contributed by atoms with E-state index < -0.39 is 0 Å². The predicted molar refractivity (Wildman–Crippen MR) is 118 cm³/mol. The van der Waals surface area contributed by atoms with Crippen LogP contribution in [0, 0.1) is 19.8 Å². The molecule has 1 amide bonds. The van der Waals surface area contributed by atoms with E-state index in [9.17, 15) is 9.59 Å². The van der Waals surface area contributed by atoms with Crippen molar-refractivity contribution < 1.29 is 4.79 Å². The molecule has 0 aliphatic rings. The fourth-order valence-electron chi connectivity index (χ4n) is 2.76. The first-order valence-electron chi connectivity index (χ1n) is 9.34. The van der Waals surface area contributed by atoms with Gasteiger partial charge in [0, 0.05) is 6.54 Å². The van der Waals surface area contributed by atoms with Gasteiger partial charge in [-0.3, -0.25) is 14.2 Å². The van der Waals surface area contributed by atoms with E-state index in [1.165, 1.54) is 28.7 Å². The van der Waals surface area contributed by atoms with Crippen LogP contribution in [0.25, 0.3) is 15.9 Å². The zero-order chi connectivity index (χ0) is 20.3. The number of carbonyl (C=O) groups is 1. The van der Waals surface area contributed by atoms with Crippen molar-refractivity contribution in [1.82, 2.24) is 14.9 Å². The highest BCUT2D eigenvalue weighted by Crippen LogP contribution is 2.24. The predicted octanol–water partition coefficient (Wildman–Crippen LogP) is 4.32. The molecule has 0 fully saturated rings. The lowest BCUT2D eigenvalue weighted by Gasteiger charge is -2.13. The molecule has 0 radical (unpaired) electrons. The first-order chi connectivity index (χ1) is 13.4. The van der Waals surface area contributed by atoms with E-state index in [-0.39, 0.29) is 17.2 Å². The van der Waals surface area contributed by atoms with E-state index in [0.717, 1.165) is 17.7 Å². The molecule has 2 heterocycles. The first kappa shape index (κ1) is 20.6. The summed E-state index contributed by atoms with van der Waals surface area (Å²) in [4.78, 5) is 30.0. The highest BCUT2D eigenvalue weighted by atomic mass is 32.2. The maximum absolute atomic E-state index is 13.1. The SMILES string of the molecule is Cc1ccc(-n2c(SCC(=O)NCCC(C)C)nc3ccsc3c2=O)cc1C. The Kier molecular flexibility index (Phi) is 6.57. The number of hydrogen-bond donors (Lipinski definition) is 1. The maximum atomic E-state index is 13.1. The lowest BCUT2D eigenvalue weighted by atomic mass is 10.1. The largest absolute Gasteiger partial charge is 0.355 e. The smallest absolute Gasteiger partial charge is 0.276 e. The highest BCUT2D eigenvalue weighted by molar-refractivity contribution is 7.99. The fourth-order valence-corrected chi connectivity index (χ4v) is 4.36. The van der Waals surface area contributed by atoms with E-state index >= 15 is 0 Å². The van der Waals surface area contributed by atoms with Gasteiger partial charge in [-0.15, -0.1) is 11.3 Å². The van der Waals surface area contributed by atoms with Crippen molar-refractivity contribution in [2.45, 2.75) is 39.3 Å². The van der Waals surface area contributed by atoms with Crippen molar-refractivity contribution in [3.8, 4) is 5.69 Å². The molecule has 0 saturated heterocycles. The van der Waals surface area contributed by atoms with Gasteiger partial charge in [-0.05, 0) is 60.9 Å². The molecule has 3 aromatic rings. The molecule has 0 unspecified atom stereocenters. The molecule has 7 heteroatoms. The van der Waals surface area contributed by atoms with Gasteiger partial charge >= 0.3 is 0 Å². The first-order valence-corrected chi connectivity index (χ1v) is 11.2. The van der Waals surface area contributed by atoms with Crippen molar-refractivity contribution in [3.63, 3.8) is 0 Å². The van der Waals surface area contributed by atoms with Crippen molar-refractivity contribution in [2.24, 2.45) is 5.92 Å². The van der Waals surface area contributed by atoms with Gasteiger partial charge in [-0.2, -0.15) is 0 Å². The van der Waals surface area contributed by atoms with E-state index in [1.807, 2.05) is 43.5 Å². The summed E-state index contributed by atoms with van der Waals surface area (Å²) in [6.07, 6.45) is 0.947. The van der Waals surface area contributed by atoms with Gasteiger partial charge in [-0.1, -0.05) is 31.7 Å². The molecular weight excluding hydrogens is 390 g/mol. The second-order valence-corrected chi connectivity index (χ2v) is 9.12. The Morgan fingerprint density at radius 1 is 1.25 bits per heavy atom. The number of aromatic nitrogens is 2. The second kappa shape index (κ2) is 8.92. The molecule has 1 N–H and O–H groups in total. The van der Waals surface area contributed by atoms with E-state index in [0.29, 0.717) is 27.8 Å². The van der Waals surface area contributed by atoms with Gasteiger partial charge in [0.1, 0.15) is 4.70 Å². The van der Waals surface area contributed by atoms with Gasteiger partial charge < -0.3 is 5.32 Å². The maximum Gasteiger partial charge on any atom is 0.276 e. The number of thiophene rings is 1. The molecular formula is C21H25N3O2S2. The number of carbonyl (C=O) groups excluding carboxylic acids is 1. The normalized spacial score (nSPS) is 11.3. The van der Waals surface area contributed by atoms with Crippen LogP contribution in [-0.2, 0) is 4.79 Å². The number of hydrogen-bond acceptors (Lipinski definition) is 5. The van der Waals surface area contributed by atoms with Crippen molar-refractivity contribution in [3.05, 3.63) is 51.1 Å². The number of benzene rings is 1. The van der Waals surface area contributed by atoms with Crippen molar-refractivity contribution >= 4 is 39.2 Å². The van der Waals surface area contributed by atoms with Crippen LogP contribution in [0.15, 0.2) is 39.6 Å². The third kappa shape index (κ3) is 4.64. The topological polar surface area (TPSA) is 64.0 Å². The molecule has 148 valence electrons. The number of amides is 1. The Bertz CT molecular complexity index is 1050. The summed E-state index contributed by atoms with van der Waals surface area (Å²) in [6.45, 7) is 8.99. The minimum atomic E-state index is -0.0917. The number of rotatable bonds is 7.